The Morgan fingerprint density at radius 2 is 1.85 bits per heavy atom. The van der Waals surface area contributed by atoms with Crippen molar-refractivity contribution in [3.05, 3.63) is 84.6 Å². The Kier molecular flexibility index (Phi) is 5.48. The zero-order valence-corrected chi connectivity index (χ0v) is 18.6. The van der Waals surface area contributed by atoms with Crippen LogP contribution in [0.4, 0.5) is 5.69 Å². The van der Waals surface area contributed by atoms with E-state index in [9.17, 15) is 4.79 Å². The molecule has 6 nitrogen and oxygen atoms in total. The first-order valence-electron chi connectivity index (χ1n) is 11.0. The maximum absolute atomic E-state index is 13.0. The molecule has 1 N–H and O–H groups in total. The van der Waals surface area contributed by atoms with Gasteiger partial charge in [-0.25, -0.2) is 0 Å². The summed E-state index contributed by atoms with van der Waals surface area (Å²) in [5.74, 6) is 0.619. The van der Waals surface area contributed by atoms with Crippen LogP contribution in [0, 0.1) is 6.92 Å². The summed E-state index contributed by atoms with van der Waals surface area (Å²) in [6, 6.07) is 23.5. The quantitative estimate of drug-likeness (QED) is 0.376. The third-order valence-corrected chi connectivity index (χ3v) is 5.50. The molecule has 5 aromatic rings. The minimum atomic E-state index is -0.143. The molecule has 33 heavy (non-hydrogen) atoms. The molecule has 0 spiro atoms. The molecule has 5 rings (SSSR count). The largest absolute Gasteiger partial charge is 0.494 e. The minimum Gasteiger partial charge on any atom is -0.494 e. The summed E-state index contributed by atoms with van der Waals surface area (Å²) in [7, 11) is 0. The van der Waals surface area contributed by atoms with Crippen molar-refractivity contribution in [1.82, 2.24) is 14.8 Å². The van der Waals surface area contributed by atoms with Gasteiger partial charge in [0.15, 0.2) is 0 Å². The van der Waals surface area contributed by atoms with Crippen LogP contribution in [0.1, 0.15) is 12.5 Å². The van der Waals surface area contributed by atoms with Gasteiger partial charge in [-0.15, -0.1) is 0 Å². The molecule has 0 aliphatic rings. The number of carbonyl (C=O) groups excluding carboxylic acids is 1. The summed E-state index contributed by atoms with van der Waals surface area (Å²) in [6.07, 6.45) is 1.84. The molecule has 164 valence electrons. The van der Waals surface area contributed by atoms with Crippen molar-refractivity contribution in [2.75, 3.05) is 11.9 Å². The highest BCUT2D eigenvalue weighted by Gasteiger charge is 2.18. The highest BCUT2D eigenvalue weighted by Crippen LogP contribution is 2.33. The normalized spacial score (nSPS) is 11.1. The van der Waals surface area contributed by atoms with E-state index in [4.69, 9.17) is 9.84 Å². The third kappa shape index (κ3) is 4.15. The number of ether oxygens (including phenoxy) is 1. The Balaban J connectivity index is 1.64. The van der Waals surface area contributed by atoms with Gasteiger partial charge in [-0.05, 0) is 49.7 Å². The van der Waals surface area contributed by atoms with Gasteiger partial charge in [-0.1, -0.05) is 42.5 Å². The molecule has 0 fully saturated rings. The minimum absolute atomic E-state index is 0.0786. The first-order valence-corrected chi connectivity index (χ1v) is 11.0. The lowest BCUT2D eigenvalue weighted by atomic mass is 10.1. The van der Waals surface area contributed by atoms with Crippen molar-refractivity contribution >= 4 is 33.4 Å². The van der Waals surface area contributed by atoms with Gasteiger partial charge >= 0.3 is 0 Å². The van der Waals surface area contributed by atoms with Crippen molar-refractivity contribution in [2.24, 2.45) is 0 Å². The van der Waals surface area contributed by atoms with Crippen LogP contribution in [0.2, 0.25) is 0 Å². The van der Waals surface area contributed by atoms with Crippen LogP contribution >= 0.6 is 0 Å². The molecular weight excluding hydrogens is 412 g/mol. The number of carbonyl (C=O) groups is 1. The molecule has 3 aromatic carbocycles. The maximum atomic E-state index is 13.0. The Hall–Kier alpha value is -4.19. The summed E-state index contributed by atoms with van der Waals surface area (Å²) in [5.41, 5.74) is 5.31. The van der Waals surface area contributed by atoms with Crippen LogP contribution in [0.3, 0.4) is 0 Å². The SMILES string of the molecule is CCOc1ccc2ncc3c(-c4ccccc4)nn(CC(=O)Nc4cccc(C)c4)c3c2c1. The molecule has 0 atom stereocenters. The number of anilines is 1. The highest BCUT2D eigenvalue weighted by molar-refractivity contribution is 6.09. The predicted molar refractivity (Wildman–Crippen MR) is 131 cm³/mol. The second-order valence-corrected chi connectivity index (χ2v) is 7.92. The van der Waals surface area contributed by atoms with Crippen molar-refractivity contribution in [1.29, 1.82) is 0 Å². The van der Waals surface area contributed by atoms with E-state index in [2.05, 4.69) is 10.3 Å². The van der Waals surface area contributed by atoms with Crippen LogP contribution in [0.25, 0.3) is 33.1 Å². The average Bonchev–Trinajstić information content (AvgIpc) is 3.18. The van der Waals surface area contributed by atoms with E-state index in [1.54, 1.807) is 4.68 Å². The van der Waals surface area contributed by atoms with E-state index >= 15 is 0 Å². The number of fused-ring (bicyclic) bond motifs is 3. The number of hydrogen-bond donors (Lipinski definition) is 1. The Labute approximate surface area is 191 Å². The predicted octanol–water partition coefficient (Wildman–Crippen LogP) is 5.60. The number of aryl methyl sites for hydroxylation is 1. The van der Waals surface area contributed by atoms with Crippen LogP contribution in [-0.2, 0) is 11.3 Å². The summed E-state index contributed by atoms with van der Waals surface area (Å²) < 4.78 is 7.50. The molecule has 0 saturated heterocycles. The van der Waals surface area contributed by atoms with Gasteiger partial charge in [0.1, 0.15) is 18.0 Å². The zero-order chi connectivity index (χ0) is 22.8. The zero-order valence-electron chi connectivity index (χ0n) is 18.6. The van der Waals surface area contributed by atoms with Gasteiger partial charge in [0.05, 0.1) is 17.6 Å². The highest BCUT2D eigenvalue weighted by atomic mass is 16.5. The second kappa shape index (κ2) is 8.74. The molecule has 6 heteroatoms. The van der Waals surface area contributed by atoms with Gasteiger partial charge in [0.25, 0.3) is 0 Å². The van der Waals surface area contributed by atoms with Crippen molar-refractivity contribution < 1.29 is 9.53 Å². The van der Waals surface area contributed by atoms with E-state index in [1.165, 1.54) is 0 Å². The summed E-state index contributed by atoms with van der Waals surface area (Å²) in [4.78, 5) is 17.6. The number of pyridine rings is 1. The first kappa shape index (κ1) is 20.7. The second-order valence-electron chi connectivity index (χ2n) is 7.92. The fourth-order valence-corrected chi connectivity index (χ4v) is 4.07. The molecular formula is C27H24N4O2. The number of nitrogens with one attached hydrogen (secondary N) is 1. The number of amides is 1. The molecule has 0 aliphatic heterocycles. The summed E-state index contributed by atoms with van der Waals surface area (Å²) >= 11 is 0. The van der Waals surface area contributed by atoms with Crippen LogP contribution in [0.5, 0.6) is 5.75 Å². The molecule has 0 saturated carbocycles. The maximum Gasteiger partial charge on any atom is 0.246 e. The van der Waals surface area contributed by atoms with E-state index in [1.807, 2.05) is 92.8 Å². The van der Waals surface area contributed by atoms with E-state index in [0.717, 1.165) is 50.1 Å². The standard InChI is InChI=1S/C27H24N4O2/c1-3-33-21-12-13-24-22(15-21)27-23(16-28-24)26(19-9-5-4-6-10-19)30-31(27)17-25(32)29-20-11-7-8-18(2)14-20/h4-16H,3,17H2,1-2H3,(H,29,32). The van der Waals surface area contributed by atoms with Gasteiger partial charge in [0.2, 0.25) is 5.91 Å². The topological polar surface area (TPSA) is 69.0 Å². The average molecular weight is 437 g/mol. The molecule has 2 heterocycles. The van der Waals surface area contributed by atoms with E-state index in [0.29, 0.717) is 6.61 Å². The van der Waals surface area contributed by atoms with Gasteiger partial charge in [-0.3, -0.25) is 14.5 Å². The lowest BCUT2D eigenvalue weighted by molar-refractivity contribution is -0.116. The number of hydrogen-bond acceptors (Lipinski definition) is 4. The molecule has 0 bridgehead atoms. The lowest BCUT2D eigenvalue weighted by Crippen LogP contribution is -2.19. The molecule has 0 aliphatic carbocycles. The van der Waals surface area contributed by atoms with E-state index < -0.39 is 0 Å². The first-order chi connectivity index (χ1) is 16.1. The number of rotatable bonds is 6. The van der Waals surface area contributed by atoms with Gasteiger partial charge < -0.3 is 10.1 Å². The number of benzene rings is 3. The van der Waals surface area contributed by atoms with Crippen LogP contribution < -0.4 is 10.1 Å². The fourth-order valence-electron chi connectivity index (χ4n) is 4.07. The molecule has 0 radical (unpaired) electrons. The Morgan fingerprint density at radius 1 is 1.00 bits per heavy atom. The van der Waals surface area contributed by atoms with Gasteiger partial charge in [0, 0.05) is 28.2 Å². The summed E-state index contributed by atoms with van der Waals surface area (Å²) in [6.45, 7) is 4.60. The molecule has 0 unspecified atom stereocenters. The number of aromatic nitrogens is 3. The molecule has 1 amide bonds. The van der Waals surface area contributed by atoms with Gasteiger partial charge in [-0.2, -0.15) is 5.10 Å². The van der Waals surface area contributed by atoms with Crippen molar-refractivity contribution in [2.45, 2.75) is 20.4 Å². The monoisotopic (exact) mass is 436 g/mol. The van der Waals surface area contributed by atoms with Crippen LogP contribution in [-0.4, -0.2) is 27.3 Å². The summed E-state index contributed by atoms with van der Waals surface area (Å²) in [5, 5.41) is 9.64. The van der Waals surface area contributed by atoms with Crippen molar-refractivity contribution in [3.8, 4) is 17.0 Å². The Morgan fingerprint density at radius 3 is 2.64 bits per heavy atom. The van der Waals surface area contributed by atoms with Crippen LogP contribution in [0.15, 0.2) is 79.0 Å². The third-order valence-electron chi connectivity index (χ3n) is 5.50. The molecule has 2 aromatic heterocycles. The fraction of sp³-hybridized carbons (Fsp3) is 0.148. The Bertz CT molecular complexity index is 1460. The lowest BCUT2D eigenvalue weighted by Gasteiger charge is -2.09. The number of nitrogens with zero attached hydrogens (tertiary/aromatic N) is 3. The smallest absolute Gasteiger partial charge is 0.246 e. The van der Waals surface area contributed by atoms with Crippen molar-refractivity contribution in [3.63, 3.8) is 0 Å². The van der Waals surface area contributed by atoms with E-state index in [-0.39, 0.29) is 12.5 Å².